The summed E-state index contributed by atoms with van der Waals surface area (Å²) in [6, 6.07) is 12.1. The number of carbonyl (C=O) groups is 1. The number of ether oxygens (including phenoxy) is 2. The van der Waals surface area contributed by atoms with Crippen LogP contribution in [0.5, 0.6) is 5.75 Å². The predicted molar refractivity (Wildman–Crippen MR) is 113 cm³/mol. The molecule has 6 nitrogen and oxygen atoms in total. The number of hydrogen-bond donors (Lipinski definition) is 2. The minimum absolute atomic E-state index is 0.0348. The molecule has 1 aliphatic heterocycles. The number of aryl methyl sites for hydroxylation is 2. The Kier molecular flexibility index (Phi) is 5.62. The van der Waals surface area contributed by atoms with Gasteiger partial charge < -0.3 is 14.5 Å². The van der Waals surface area contributed by atoms with Crippen LogP contribution in [-0.4, -0.2) is 30.3 Å². The van der Waals surface area contributed by atoms with E-state index in [1.807, 2.05) is 37.4 Å². The summed E-state index contributed by atoms with van der Waals surface area (Å²) in [7, 11) is 0. The molecule has 1 unspecified atom stereocenters. The summed E-state index contributed by atoms with van der Waals surface area (Å²) < 4.78 is 11.7. The van der Waals surface area contributed by atoms with Crippen molar-refractivity contribution in [2.45, 2.75) is 32.8 Å². The Morgan fingerprint density at radius 1 is 1.31 bits per heavy atom. The van der Waals surface area contributed by atoms with E-state index in [0.29, 0.717) is 0 Å². The Labute approximate surface area is 169 Å². The molecular weight excluding hydrogens is 366 g/mol. The predicted octanol–water partition coefficient (Wildman–Crippen LogP) is 4.17. The number of fused-ring (bicyclic) bond motifs is 1. The zero-order valence-corrected chi connectivity index (χ0v) is 16.7. The molecule has 29 heavy (non-hydrogen) atoms. The second kappa shape index (κ2) is 8.49. The van der Waals surface area contributed by atoms with Crippen molar-refractivity contribution in [3.05, 3.63) is 64.8 Å². The van der Waals surface area contributed by atoms with Crippen LogP contribution in [0.1, 0.15) is 41.2 Å². The summed E-state index contributed by atoms with van der Waals surface area (Å²) in [4.78, 5) is 15.4. The average Bonchev–Trinajstić information content (AvgIpc) is 3.38. The van der Waals surface area contributed by atoms with Crippen LogP contribution in [-0.2, 0) is 9.53 Å². The quantitative estimate of drug-likeness (QED) is 0.489. The van der Waals surface area contributed by atoms with E-state index in [9.17, 15) is 4.79 Å². The fourth-order valence-corrected chi connectivity index (χ4v) is 3.74. The highest BCUT2D eigenvalue weighted by molar-refractivity contribution is 5.89. The number of aromatic nitrogens is 1. The van der Waals surface area contributed by atoms with E-state index in [1.165, 1.54) is 0 Å². The zero-order chi connectivity index (χ0) is 20.2. The number of nitrogens with zero attached hydrogens (tertiary/aromatic N) is 1. The summed E-state index contributed by atoms with van der Waals surface area (Å²) in [5.41, 5.74) is 7.64. The molecule has 2 aromatic carbocycles. The number of carbonyl (C=O) groups excluding carboxylic acids is 1. The van der Waals surface area contributed by atoms with Crippen molar-refractivity contribution < 1.29 is 14.3 Å². The van der Waals surface area contributed by atoms with Crippen LogP contribution >= 0.6 is 0 Å². The highest BCUT2D eigenvalue weighted by Gasteiger charge is 2.23. The minimum Gasteiger partial charge on any atom is -0.483 e. The fraction of sp³-hybridized carbons (Fsp3) is 0.304. The Balaban J connectivity index is 1.38. The molecule has 0 aliphatic carbocycles. The first-order valence-corrected chi connectivity index (χ1v) is 9.85. The van der Waals surface area contributed by atoms with Gasteiger partial charge in [0.2, 0.25) is 0 Å². The van der Waals surface area contributed by atoms with Crippen molar-refractivity contribution in [3.8, 4) is 5.75 Å². The number of aromatic amines is 1. The van der Waals surface area contributed by atoms with E-state index >= 15 is 0 Å². The molecule has 1 saturated heterocycles. The molecule has 0 radical (unpaired) electrons. The second-order valence-corrected chi connectivity index (χ2v) is 7.41. The summed E-state index contributed by atoms with van der Waals surface area (Å²) in [5, 5.41) is 5.17. The number of nitrogens with one attached hydrogen (secondary N) is 2. The van der Waals surface area contributed by atoms with E-state index in [2.05, 4.69) is 34.6 Å². The lowest BCUT2D eigenvalue weighted by Crippen LogP contribution is -2.25. The topological polar surface area (TPSA) is 75.7 Å². The van der Waals surface area contributed by atoms with E-state index in [4.69, 9.17) is 9.47 Å². The monoisotopic (exact) mass is 391 g/mol. The molecule has 1 aromatic heterocycles. The maximum Gasteiger partial charge on any atom is 0.277 e. The van der Waals surface area contributed by atoms with E-state index in [1.54, 1.807) is 6.21 Å². The van der Waals surface area contributed by atoms with Gasteiger partial charge in [-0.25, -0.2) is 5.43 Å². The molecule has 150 valence electrons. The average molecular weight is 391 g/mol. The van der Waals surface area contributed by atoms with E-state index < -0.39 is 0 Å². The van der Waals surface area contributed by atoms with Crippen LogP contribution in [0, 0.1) is 13.8 Å². The lowest BCUT2D eigenvalue weighted by atomic mass is 9.99. The van der Waals surface area contributed by atoms with Gasteiger partial charge in [-0.1, -0.05) is 23.8 Å². The molecule has 1 fully saturated rings. The number of benzene rings is 2. The normalized spacial score (nSPS) is 16.6. The van der Waals surface area contributed by atoms with Crippen LogP contribution in [0.4, 0.5) is 0 Å². The fourth-order valence-electron chi connectivity index (χ4n) is 3.74. The molecule has 2 N–H and O–H groups in total. The van der Waals surface area contributed by atoms with Crippen molar-refractivity contribution in [1.82, 2.24) is 10.4 Å². The Hall–Kier alpha value is -3.12. The third kappa shape index (κ3) is 4.49. The number of hydrogen-bond acceptors (Lipinski definition) is 4. The maximum absolute atomic E-state index is 12.2. The van der Waals surface area contributed by atoms with Gasteiger partial charge in [-0.15, -0.1) is 0 Å². The SMILES string of the molecule is Cc1cc(C)c(OCC(=O)N/N=C/c2ccc3cc[nH]c3c2)c(C2CCCO2)c1. The molecule has 0 spiro atoms. The van der Waals surface area contributed by atoms with Crippen LogP contribution in [0.25, 0.3) is 10.9 Å². The van der Waals surface area contributed by atoms with Gasteiger partial charge in [-0.3, -0.25) is 4.79 Å². The number of H-pyrrole nitrogens is 1. The van der Waals surface area contributed by atoms with Crippen molar-refractivity contribution in [2.75, 3.05) is 13.2 Å². The van der Waals surface area contributed by atoms with Crippen LogP contribution in [0.2, 0.25) is 0 Å². The van der Waals surface area contributed by atoms with Gasteiger partial charge in [0.15, 0.2) is 6.61 Å². The highest BCUT2D eigenvalue weighted by Crippen LogP contribution is 2.37. The molecule has 6 heteroatoms. The zero-order valence-electron chi connectivity index (χ0n) is 16.7. The maximum atomic E-state index is 12.2. The van der Waals surface area contributed by atoms with Crippen LogP contribution in [0.3, 0.4) is 0 Å². The lowest BCUT2D eigenvalue weighted by molar-refractivity contribution is -0.123. The molecule has 1 aliphatic rings. The number of rotatable bonds is 6. The first kappa shape index (κ1) is 19.2. The first-order valence-electron chi connectivity index (χ1n) is 9.85. The molecule has 4 rings (SSSR count). The van der Waals surface area contributed by atoms with Gasteiger partial charge in [-0.2, -0.15) is 5.10 Å². The van der Waals surface area contributed by atoms with Gasteiger partial charge in [-0.05, 0) is 61.4 Å². The number of amides is 1. The van der Waals surface area contributed by atoms with Crippen LogP contribution in [0.15, 0.2) is 47.7 Å². The van der Waals surface area contributed by atoms with Crippen molar-refractivity contribution >= 4 is 23.0 Å². The molecular formula is C23H25N3O3. The highest BCUT2D eigenvalue weighted by atomic mass is 16.5. The molecule has 1 amide bonds. The molecule has 2 heterocycles. The van der Waals surface area contributed by atoms with Crippen molar-refractivity contribution in [2.24, 2.45) is 5.10 Å². The second-order valence-electron chi connectivity index (χ2n) is 7.41. The van der Waals surface area contributed by atoms with Crippen molar-refractivity contribution in [3.63, 3.8) is 0 Å². The Morgan fingerprint density at radius 3 is 3.03 bits per heavy atom. The molecule has 3 aromatic rings. The first-order chi connectivity index (χ1) is 14.1. The summed E-state index contributed by atoms with van der Waals surface area (Å²) in [6.45, 7) is 4.71. The smallest absolute Gasteiger partial charge is 0.277 e. The third-order valence-electron chi connectivity index (χ3n) is 5.05. The van der Waals surface area contributed by atoms with Crippen LogP contribution < -0.4 is 10.2 Å². The lowest BCUT2D eigenvalue weighted by Gasteiger charge is -2.18. The third-order valence-corrected chi connectivity index (χ3v) is 5.05. The van der Waals surface area contributed by atoms with Gasteiger partial charge >= 0.3 is 0 Å². The summed E-state index contributed by atoms with van der Waals surface area (Å²) in [6.07, 6.45) is 5.56. The largest absolute Gasteiger partial charge is 0.483 e. The van der Waals surface area contributed by atoms with Gasteiger partial charge in [0.25, 0.3) is 5.91 Å². The minimum atomic E-state index is -0.305. The summed E-state index contributed by atoms with van der Waals surface area (Å²) >= 11 is 0. The molecule has 1 atom stereocenters. The van der Waals surface area contributed by atoms with Crippen molar-refractivity contribution in [1.29, 1.82) is 0 Å². The van der Waals surface area contributed by atoms with E-state index in [0.717, 1.165) is 58.4 Å². The molecule has 0 bridgehead atoms. The van der Waals surface area contributed by atoms with E-state index in [-0.39, 0.29) is 18.6 Å². The standard InChI is InChI=1S/C23H25N3O3/c1-15-10-16(2)23(19(11-15)21-4-3-9-28-21)29-14-22(27)26-25-13-17-5-6-18-7-8-24-20(18)12-17/h5-8,10-13,21,24H,3-4,9,14H2,1-2H3,(H,26,27)/b25-13+. The Morgan fingerprint density at radius 2 is 2.21 bits per heavy atom. The molecule has 0 saturated carbocycles. The van der Waals surface area contributed by atoms with Gasteiger partial charge in [0, 0.05) is 23.9 Å². The van der Waals surface area contributed by atoms with Gasteiger partial charge in [0.05, 0.1) is 12.3 Å². The summed E-state index contributed by atoms with van der Waals surface area (Å²) in [5.74, 6) is 0.430. The Bertz CT molecular complexity index is 1050. The number of hydrazone groups is 1. The van der Waals surface area contributed by atoms with Gasteiger partial charge in [0.1, 0.15) is 5.75 Å².